The first kappa shape index (κ1) is 19.8. The Kier molecular flexibility index (Phi) is 5.85. The van der Waals surface area contributed by atoms with Gasteiger partial charge in [-0.2, -0.15) is 0 Å². The van der Waals surface area contributed by atoms with Crippen molar-refractivity contribution in [3.05, 3.63) is 87.9 Å². The summed E-state index contributed by atoms with van der Waals surface area (Å²) < 4.78 is 22.0. The monoisotopic (exact) mass is 469 g/mol. The Hall–Kier alpha value is -3.52. The summed E-state index contributed by atoms with van der Waals surface area (Å²) in [4.78, 5) is 25.3. The first-order valence-corrected chi connectivity index (χ1v) is 9.75. The number of esters is 1. The van der Waals surface area contributed by atoms with Crippen LogP contribution in [0.4, 0.5) is 0 Å². The van der Waals surface area contributed by atoms with Crippen molar-refractivity contribution in [2.75, 3.05) is 6.79 Å². The van der Waals surface area contributed by atoms with Gasteiger partial charge in [-0.1, -0.05) is 22.0 Å². The molecule has 1 aromatic heterocycles. The molecule has 7 nitrogen and oxygen atoms in total. The van der Waals surface area contributed by atoms with Crippen molar-refractivity contribution in [2.45, 2.75) is 6.61 Å². The van der Waals surface area contributed by atoms with Crippen LogP contribution in [0.3, 0.4) is 0 Å². The Bertz CT molecular complexity index is 1090. The summed E-state index contributed by atoms with van der Waals surface area (Å²) in [7, 11) is 0. The Morgan fingerprint density at radius 3 is 2.63 bits per heavy atom. The highest BCUT2D eigenvalue weighted by Gasteiger charge is 2.18. The fraction of sp³-hybridized carbons (Fsp3) is 0.0909. The van der Waals surface area contributed by atoms with E-state index in [-0.39, 0.29) is 19.1 Å². The van der Waals surface area contributed by atoms with Crippen LogP contribution < -0.4 is 14.8 Å². The smallest absolute Gasteiger partial charge is 0.355 e. The zero-order valence-electron chi connectivity index (χ0n) is 15.6. The number of rotatable bonds is 6. The second-order valence-corrected chi connectivity index (χ2v) is 7.20. The van der Waals surface area contributed by atoms with E-state index < -0.39 is 11.9 Å². The molecule has 2 aromatic carbocycles. The molecular formula is C22H16BrNO6. The normalized spacial score (nSPS) is 12.5. The summed E-state index contributed by atoms with van der Waals surface area (Å²) in [5, 5.41) is 2.63. The number of halogens is 1. The van der Waals surface area contributed by atoms with Gasteiger partial charge in [-0.3, -0.25) is 4.79 Å². The number of carbonyl (C=O) groups is 2. The highest BCUT2D eigenvalue weighted by atomic mass is 79.9. The fourth-order valence-corrected chi connectivity index (χ4v) is 2.98. The van der Waals surface area contributed by atoms with Crippen LogP contribution in [0.5, 0.6) is 11.5 Å². The van der Waals surface area contributed by atoms with E-state index in [0.29, 0.717) is 28.4 Å². The van der Waals surface area contributed by atoms with Crippen molar-refractivity contribution in [1.29, 1.82) is 0 Å². The van der Waals surface area contributed by atoms with Gasteiger partial charge in [0.1, 0.15) is 18.1 Å². The van der Waals surface area contributed by atoms with Gasteiger partial charge in [0.25, 0.3) is 5.91 Å². The summed E-state index contributed by atoms with van der Waals surface area (Å²) in [6.07, 6.45) is 3.00. The molecule has 1 aliphatic heterocycles. The third-order valence-corrected chi connectivity index (χ3v) is 4.74. The van der Waals surface area contributed by atoms with E-state index >= 15 is 0 Å². The summed E-state index contributed by atoms with van der Waals surface area (Å²) in [6.45, 7) is 0.0827. The maximum absolute atomic E-state index is 12.7. The fourth-order valence-electron chi connectivity index (χ4n) is 2.72. The number of fused-ring (bicyclic) bond motifs is 1. The molecule has 0 radical (unpaired) electrons. The lowest BCUT2D eigenvalue weighted by molar-refractivity contribution is -0.141. The second-order valence-electron chi connectivity index (χ2n) is 6.29. The number of furan rings is 1. The number of amides is 1. The Balaban J connectivity index is 1.57. The molecule has 8 heteroatoms. The third kappa shape index (κ3) is 4.72. The SMILES string of the molecule is O=C(OCc1ccco1)C(=Cc1ccc2c(c1)OCO2)NC(=O)c1ccc(Br)cc1. The lowest BCUT2D eigenvalue weighted by atomic mass is 10.1. The van der Waals surface area contributed by atoms with Crippen LogP contribution in [-0.2, 0) is 16.1 Å². The molecule has 0 saturated carbocycles. The number of nitrogens with one attached hydrogen (secondary N) is 1. The van der Waals surface area contributed by atoms with E-state index in [4.69, 9.17) is 18.6 Å². The Morgan fingerprint density at radius 1 is 1.07 bits per heavy atom. The third-order valence-electron chi connectivity index (χ3n) is 4.21. The van der Waals surface area contributed by atoms with Gasteiger partial charge in [0.15, 0.2) is 11.5 Å². The topological polar surface area (TPSA) is 87.0 Å². The van der Waals surface area contributed by atoms with Crippen LogP contribution in [0, 0.1) is 0 Å². The summed E-state index contributed by atoms with van der Waals surface area (Å²) >= 11 is 3.33. The highest BCUT2D eigenvalue weighted by molar-refractivity contribution is 9.10. The molecule has 1 amide bonds. The van der Waals surface area contributed by atoms with Gasteiger partial charge in [0.2, 0.25) is 6.79 Å². The largest absolute Gasteiger partial charge is 0.466 e. The minimum absolute atomic E-state index is 0.0201. The molecule has 3 aromatic rings. The number of hydrogen-bond acceptors (Lipinski definition) is 6. The first-order chi connectivity index (χ1) is 14.6. The Labute approximate surface area is 180 Å². The summed E-state index contributed by atoms with van der Waals surface area (Å²) in [6, 6.07) is 15.4. The predicted molar refractivity (Wildman–Crippen MR) is 111 cm³/mol. The average Bonchev–Trinajstić information content (AvgIpc) is 3.43. The van der Waals surface area contributed by atoms with E-state index in [0.717, 1.165) is 4.47 Å². The number of carbonyl (C=O) groups excluding carboxylic acids is 2. The molecule has 0 saturated heterocycles. The van der Waals surface area contributed by atoms with Gasteiger partial charge in [-0.15, -0.1) is 0 Å². The number of ether oxygens (including phenoxy) is 3. The Morgan fingerprint density at radius 2 is 1.87 bits per heavy atom. The van der Waals surface area contributed by atoms with E-state index in [1.54, 1.807) is 54.6 Å². The van der Waals surface area contributed by atoms with Crippen LogP contribution in [0.15, 0.2) is 75.4 Å². The summed E-state index contributed by atoms with van der Waals surface area (Å²) in [5.74, 6) is 0.531. The standard InChI is InChI=1S/C22H16BrNO6/c23-16-6-4-15(5-7-16)21(25)24-18(22(26)28-12-17-2-1-9-27-17)10-14-3-8-19-20(11-14)30-13-29-19/h1-11H,12-13H2,(H,24,25). The van der Waals surface area contributed by atoms with Gasteiger partial charge < -0.3 is 23.9 Å². The highest BCUT2D eigenvalue weighted by Crippen LogP contribution is 2.33. The quantitative estimate of drug-likeness (QED) is 0.428. The molecule has 0 bridgehead atoms. The predicted octanol–water partition coefficient (Wildman–Crippen LogP) is 4.29. The molecule has 1 N–H and O–H groups in total. The van der Waals surface area contributed by atoms with Crippen molar-refractivity contribution < 1.29 is 28.2 Å². The molecule has 0 atom stereocenters. The molecule has 152 valence electrons. The molecule has 0 unspecified atom stereocenters. The van der Waals surface area contributed by atoms with Crippen molar-refractivity contribution in [1.82, 2.24) is 5.32 Å². The van der Waals surface area contributed by atoms with Gasteiger partial charge in [-0.25, -0.2) is 4.79 Å². The number of hydrogen-bond donors (Lipinski definition) is 1. The van der Waals surface area contributed by atoms with Gasteiger partial charge in [0, 0.05) is 10.0 Å². The summed E-state index contributed by atoms with van der Waals surface area (Å²) in [5.41, 5.74) is 1.02. The van der Waals surface area contributed by atoms with Crippen molar-refractivity contribution >= 4 is 33.9 Å². The molecule has 0 aliphatic carbocycles. The zero-order valence-corrected chi connectivity index (χ0v) is 17.2. The van der Waals surface area contributed by atoms with E-state index in [2.05, 4.69) is 21.2 Å². The van der Waals surface area contributed by atoms with Crippen molar-refractivity contribution in [2.24, 2.45) is 0 Å². The van der Waals surface area contributed by atoms with Crippen molar-refractivity contribution in [3.8, 4) is 11.5 Å². The van der Waals surface area contributed by atoms with E-state index in [9.17, 15) is 9.59 Å². The second kappa shape index (κ2) is 8.87. The van der Waals surface area contributed by atoms with Gasteiger partial charge >= 0.3 is 5.97 Å². The number of benzene rings is 2. The first-order valence-electron chi connectivity index (χ1n) is 8.96. The molecule has 4 rings (SSSR count). The average molecular weight is 470 g/mol. The molecular weight excluding hydrogens is 454 g/mol. The minimum Gasteiger partial charge on any atom is -0.466 e. The van der Waals surface area contributed by atoms with Crippen LogP contribution in [0.1, 0.15) is 21.7 Å². The maximum Gasteiger partial charge on any atom is 0.355 e. The van der Waals surface area contributed by atoms with Crippen LogP contribution in [-0.4, -0.2) is 18.7 Å². The van der Waals surface area contributed by atoms with E-state index in [1.807, 2.05) is 0 Å². The van der Waals surface area contributed by atoms with Crippen LogP contribution in [0.25, 0.3) is 6.08 Å². The minimum atomic E-state index is -0.700. The van der Waals surface area contributed by atoms with Crippen molar-refractivity contribution in [3.63, 3.8) is 0 Å². The maximum atomic E-state index is 12.7. The lowest BCUT2D eigenvalue weighted by Gasteiger charge is -2.10. The molecule has 2 heterocycles. The molecule has 1 aliphatic rings. The van der Waals surface area contributed by atoms with Crippen LogP contribution >= 0.6 is 15.9 Å². The molecule has 0 fully saturated rings. The van der Waals surface area contributed by atoms with Gasteiger partial charge in [0.05, 0.1) is 6.26 Å². The molecule has 30 heavy (non-hydrogen) atoms. The molecule has 0 spiro atoms. The van der Waals surface area contributed by atoms with Crippen LogP contribution in [0.2, 0.25) is 0 Å². The zero-order chi connectivity index (χ0) is 20.9. The van der Waals surface area contributed by atoms with Gasteiger partial charge in [-0.05, 0) is 60.2 Å². The van der Waals surface area contributed by atoms with E-state index in [1.165, 1.54) is 12.3 Å². The lowest BCUT2D eigenvalue weighted by Crippen LogP contribution is -2.28.